The van der Waals surface area contributed by atoms with Crippen molar-refractivity contribution in [3.63, 3.8) is 0 Å². The summed E-state index contributed by atoms with van der Waals surface area (Å²) >= 11 is 1.58. The van der Waals surface area contributed by atoms with Gasteiger partial charge in [-0.1, -0.05) is 6.07 Å². The van der Waals surface area contributed by atoms with E-state index in [9.17, 15) is 13.2 Å². The van der Waals surface area contributed by atoms with Gasteiger partial charge in [0.1, 0.15) is 21.5 Å². The number of hydrogen-bond acceptors (Lipinski definition) is 5. The molecule has 5 nitrogen and oxygen atoms in total. The van der Waals surface area contributed by atoms with Crippen molar-refractivity contribution in [1.82, 2.24) is 10.2 Å². The molecule has 1 N–H and O–H groups in total. The van der Waals surface area contributed by atoms with E-state index in [0.29, 0.717) is 0 Å². The number of nitrogens with zero attached hydrogens (tertiary/aromatic N) is 1. The van der Waals surface area contributed by atoms with Crippen molar-refractivity contribution in [3.05, 3.63) is 22.4 Å². The van der Waals surface area contributed by atoms with Crippen molar-refractivity contribution in [2.24, 2.45) is 0 Å². The minimum absolute atomic E-state index is 0.00161. The molecule has 0 radical (unpaired) electrons. The Morgan fingerprint density at radius 1 is 1.55 bits per heavy atom. The maximum atomic E-state index is 12.6. The average Bonchev–Trinajstić information content (AvgIpc) is 2.81. The molecule has 1 saturated heterocycles. The van der Waals surface area contributed by atoms with Crippen LogP contribution in [0.1, 0.15) is 30.8 Å². The van der Waals surface area contributed by atoms with Crippen molar-refractivity contribution in [1.29, 1.82) is 0 Å². The highest BCUT2D eigenvalue weighted by molar-refractivity contribution is 7.90. The summed E-state index contributed by atoms with van der Waals surface area (Å²) in [4.78, 5) is 15.4. The molecule has 2 aliphatic rings. The van der Waals surface area contributed by atoms with E-state index in [1.54, 1.807) is 16.2 Å². The first-order valence-electron chi connectivity index (χ1n) is 6.64. The summed E-state index contributed by atoms with van der Waals surface area (Å²) in [5.74, 6) is 0.0466. The van der Waals surface area contributed by atoms with E-state index in [1.807, 2.05) is 24.4 Å². The molecule has 2 fully saturated rings. The molecule has 1 aromatic rings. The summed E-state index contributed by atoms with van der Waals surface area (Å²) in [6.45, 7) is 1.81. The number of hydrogen-bond donors (Lipinski definition) is 1. The fourth-order valence-electron chi connectivity index (χ4n) is 2.87. The van der Waals surface area contributed by atoms with Gasteiger partial charge in [-0.2, -0.15) is 0 Å². The molecular weight excluding hydrogens is 296 g/mol. The molecule has 20 heavy (non-hydrogen) atoms. The molecule has 2 heterocycles. The maximum Gasteiger partial charge on any atom is 0.244 e. The number of thiophene rings is 1. The van der Waals surface area contributed by atoms with Crippen LogP contribution in [-0.2, 0) is 14.6 Å². The first-order valence-corrected chi connectivity index (χ1v) is 9.58. The Hall–Kier alpha value is -0.920. The van der Waals surface area contributed by atoms with Crippen molar-refractivity contribution in [2.75, 3.05) is 12.0 Å². The van der Waals surface area contributed by atoms with Crippen LogP contribution in [0.3, 0.4) is 0 Å². The minimum atomic E-state index is -3.11. The van der Waals surface area contributed by atoms with Crippen molar-refractivity contribution < 1.29 is 13.2 Å². The Bertz CT molecular complexity index is 620. The van der Waals surface area contributed by atoms with Crippen LogP contribution >= 0.6 is 11.3 Å². The molecule has 110 valence electrons. The minimum Gasteiger partial charge on any atom is -0.317 e. The lowest BCUT2D eigenvalue weighted by Gasteiger charge is -2.29. The molecule has 0 aromatic carbocycles. The van der Waals surface area contributed by atoms with Gasteiger partial charge in [0, 0.05) is 17.2 Å². The van der Waals surface area contributed by atoms with Gasteiger partial charge in [-0.15, -0.1) is 11.3 Å². The lowest BCUT2D eigenvalue weighted by atomic mass is 10.2. The molecule has 1 saturated carbocycles. The largest absolute Gasteiger partial charge is 0.317 e. The number of amides is 1. The molecule has 2 unspecified atom stereocenters. The summed E-state index contributed by atoms with van der Waals surface area (Å²) < 4.78 is 23.0. The van der Waals surface area contributed by atoms with E-state index in [4.69, 9.17) is 0 Å². The average molecular weight is 314 g/mol. The standard InChI is InChI=1S/C13H18N2O3S2/c1-9(8-20(2,17)18)15-11(10-4-3-7-19-10)14-13(5-6-13)12(15)16/h3-4,7,9,11,14H,5-6,8H2,1-2H3. The third-order valence-corrected chi connectivity index (χ3v) is 5.93. The van der Waals surface area contributed by atoms with Crippen LogP contribution in [0.25, 0.3) is 0 Å². The van der Waals surface area contributed by atoms with Gasteiger partial charge in [0.2, 0.25) is 5.91 Å². The van der Waals surface area contributed by atoms with Gasteiger partial charge < -0.3 is 4.90 Å². The van der Waals surface area contributed by atoms with Gasteiger partial charge in [-0.25, -0.2) is 8.42 Å². The number of rotatable bonds is 4. The van der Waals surface area contributed by atoms with E-state index in [-0.39, 0.29) is 23.9 Å². The fraction of sp³-hybridized carbons (Fsp3) is 0.615. The number of carbonyl (C=O) groups is 1. The summed E-state index contributed by atoms with van der Waals surface area (Å²) in [5.41, 5.74) is -0.430. The first kappa shape index (κ1) is 14.0. The van der Waals surface area contributed by atoms with E-state index in [0.717, 1.165) is 17.7 Å². The Kier molecular flexibility index (Phi) is 3.19. The fourth-order valence-corrected chi connectivity index (χ4v) is 4.68. The summed E-state index contributed by atoms with van der Waals surface area (Å²) in [7, 11) is -3.11. The van der Waals surface area contributed by atoms with Crippen LogP contribution in [0.2, 0.25) is 0 Å². The molecule has 3 rings (SSSR count). The second kappa shape index (κ2) is 4.54. The third-order valence-electron chi connectivity index (χ3n) is 3.92. The van der Waals surface area contributed by atoms with Gasteiger partial charge in [-0.3, -0.25) is 10.1 Å². The van der Waals surface area contributed by atoms with E-state index >= 15 is 0 Å². The predicted molar refractivity (Wildman–Crippen MR) is 78.2 cm³/mol. The van der Waals surface area contributed by atoms with Gasteiger partial charge in [-0.05, 0) is 31.2 Å². The highest BCUT2D eigenvalue weighted by atomic mass is 32.2. The molecule has 7 heteroatoms. The molecular formula is C13H18N2O3S2. The Labute approximate surface area is 122 Å². The first-order chi connectivity index (χ1) is 9.32. The number of sulfone groups is 1. The molecule has 1 aliphatic heterocycles. The van der Waals surface area contributed by atoms with E-state index < -0.39 is 15.4 Å². The zero-order valence-corrected chi connectivity index (χ0v) is 13.1. The van der Waals surface area contributed by atoms with Crippen LogP contribution in [0, 0.1) is 0 Å². The van der Waals surface area contributed by atoms with Crippen molar-refractivity contribution in [3.8, 4) is 0 Å². The summed E-state index contributed by atoms with van der Waals surface area (Å²) in [6, 6.07) is 3.61. The summed E-state index contributed by atoms with van der Waals surface area (Å²) in [6.07, 6.45) is 2.71. The monoisotopic (exact) mass is 314 g/mol. The third kappa shape index (κ3) is 2.38. The van der Waals surface area contributed by atoms with Crippen LogP contribution in [-0.4, -0.2) is 42.8 Å². The van der Waals surface area contributed by atoms with E-state index in [1.165, 1.54) is 6.26 Å². The Morgan fingerprint density at radius 2 is 2.25 bits per heavy atom. The van der Waals surface area contributed by atoms with Crippen LogP contribution in [0.5, 0.6) is 0 Å². The van der Waals surface area contributed by atoms with Gasteiger partial charge in [0.15, 0.2) is 0 Å². The molecule has 1 aliphatic carbocycles. The number of nitrogens with one attached hydrogen (secondary N) is 1. The zero-order valence-electron chi connectivity index (χ0n) is 11.5. The van der Waals surface area contributed by atoms with Gasteiger partial charge in [0.25, 0.3) is 0 Å². The van der Waals surface area contributed by atoms with Crippen LogP contribution < -0.4 is 5.32 Å². The van der Waals surface area contributed by atoms with Crippen molar-refractivity contribution in [2.45, 2.75) is 37.5 Å². The van der Waals surface area contributed by atoms with Crippen LogP contribution in [0.4, 0.5) is 0 Å². The molecule has 1 aromatic heterocycles. The van der Waals surface area contributed by atoms with Crippen molar-refractivity contribution >= 4 is 27.1 Å². The highest BCUT2D eigenvalue weighted by Gasteiger charge is 2.60. The second-order valence-corrected chi connectivity index (χ2v) is 8.96. The molecule has 1 spiro atoms. The lowest BCUT2D eigenvalue weighted by molar-refractivity contribution is -0.132. The highest BCUT2D eigenvalue weighted by Crippen LogP contribution is 2.47. The molecule has 1 amide bonds. The molecule has 2 atom stereocenters. The Morgan fingerprint density at radius 3 is 2.75 bits per heavy atom. The topological polar surface area (TPSA) is 66.5 Å². The quantitative estimate of drug-likeness (QED) is 0.905. The zero-order chi connectivity index (χ0) is 14.5. The van der Waals surface area contributed by atoms with Crippen LogP contribution in [0.15, 0.2) is 17.5 Å². The van der Waals surface area contributed by atoms with E-state index in [2.05, 4.69) is 5.32 Å². The normalized spacial score (nSPS) is 26.2. The summed E-state index contributed by atoms with van der Waals surface area (Å²) in [5, 5.41) is 5.37. The SMILES string of the molecule is CC(CS(C)(=O)=O)N1C(=O)C2(CC2)NC1c1cccs1. The maximum absolute atomic E-state index is 12.6. The lowest BCUT2D eigenvalue weighted by Crippen LogP contribution is -2.42. The predicted octanol–water partition coefficient (Wildman–Crippen LogP) is 1.14. The Balaban J connectivity index is 1.90. The number of carbonyl (C=O) groups excluding carboxylic acids is 1. The van der Waals surface area contributed by atoms with Gasteiger partial charge >= 0.3 is 0 Å². The van der Waals surface area contributed by atoms with Gasteiger partial charge in [0.05, 0.1) is 5.75 Å². The molecule has 0 bridgehead atoms. The smallest absolute Gasteiger partial charge is 0.244 e. The second-order valence-electron chi connectivity index (χ2n) is 5.80.